The SMILES string of the molecule is COc1ccc(NC(=S)NC(=O)c2ccc(F)cc2)cc1Br. The van der Waals surface area contributed by atoms with Gasteiger partial charge >= 0.3 is 0 Å². The highest BCUT2D eigenvalue weighted by molar-refractivity contribution is 9.10. The Bertz CT molecular complexity index is 707. The van der Waals surface area contributed by atoms with E-state index in [1.807, 2.05) is 0 Å². The van der Waals surface area contributed by atoms with E-state index in [9.17, 15) is 9.18 Å². The van der Waals surface area contributed by atoms with Crippen LogP contribution in [-0.4, -0.2) is 18.1 Å². The van der Waals surface area contributed by atoms with Gasteiger partial charge in [-0.15, -0.1) is 0 Å². The number of hydrogen-bond donors (Lipinski definition) is 2. The molecule has 7 heteroatoms. The molecule has 2 aromatic carbocycles. The van der Waals surface area contributed by atoms with Crippen LogP contribution in [0.2, 0.25) is 0 Å². The van der Waals surface area contributed by atoms with Crippen molar-refractivity contribution in [3.8, 4) is 5.75 Å². The van der Waals surface area contributed by atoms with Crippen molar-refractivity contribution >= 4 is 44.9 Å². The van der Waals surface area contributed by atoms with Crippen molar-refractivity contribution < 1.29 is 13.9 Å². The Kier molecular flexibility index (Phi) is 5.46. The Morgan fingerprint density at radius 2 is 1.91 bits per heavy atom. The number of hydrogen-bond acceptors (Lipinski definition) is 3. The smallest absolute Gasteiger partial charge is 0.257 e. The molecule has 0 unspecified atom stereocenters. The molecular weight excluding hydrogens is 371 g/mol. The fraction of sp³-hybridized carbons (Fsp3) is 0.0667. The van der Waals surface area contributed by atoms with E-state index in [1.54, 1.807) is 25.3 Å². The molecule has 1 amide bonds. The van der Waals surface area contributed by atoms with Gasteiger partial charge in [-0.1, -0.05) is 0 Å². The van der Waals surface area contributed by atoms with Crippen LogP contribution >= 0.6 is 28.1 Å². The number of rotatable bonds is 3. The number of amides is 1. The predicted molar refractivity (Wildman–Crippen MR) is 90.8 cm³/mol. The Balaban J connectivity index is 1.99. The zero-order chi connectivity index (χ0) is 16.1. The first kappa shape index (κ1) is 16.4. The Labute approximate surface area is 140 Å². The zero-order valence-electron chi connectivity index (χ0n) is 11.5. The van der Waals surface area contributed by atoms with Gasteiger partial charge in [0.25, 0.3) is 5.91 Å². The van der Waals surface area contributed by atoms with Crippen LogP contribution in [0.4, 0.5) is 10.1 Å². The van der Waals surface area contributed by atoms with Gasteiger partial charge in [0.15, 0.2) is 5.11 Å². The number of carbonyl (C=O) groups is 1. The van der Waals surface area contributed by atoms with Crippen LogP contribution in [0.3, 0.4) is 0 Å². The highest BCUT2D eigenvalue weighted by Crippen LogP contribution is 2.27. The lowest BCUT2D eigenvalue weighted by Gasteiger charge is -2.11. The summed E-state index contributed by atoms with van der Waals surface area (Å²) in [6.45, 7) is 0. The van der Waals surface area contributed by atoms with E-state index in [1.165, 1.54) is 24.3 Å². The van der Waals surface area contributed by atoms with E-state index >= 15 is 0 Å². The topological polar surface area (TPSA) is 50.4 Å². The minimum absolute atomic E-state index is 0.145. The summed E-state index contributed by atoms with van der Waals surface area (Å²) in [5.41, 5.74) is 1.01. The molecule has 114 valence electrons. The van der Waals surface area contributed by atoms with E-state index in [2.05, 4.69) is 26.6 Å². The predicted octanol–water partition coefficient (Wildman–Crippen LogP) is 3.72. The summed E-state index contributed by atoms with van der Waals surface area (Å²) in [7, 11) is 1.57. The maximum atomic E-state index is 12.8. The van der Waals surface area contributed by atoms with E-state index in [0.29, 0.717) is 17.0 Å². The van der Waals surface area contributed by atoms with Crippen LogP contribution < -0.4 is 15.4 Å². The van der Waals surface area contributed by atoms with E-state index in [-0.39, 0.29) is 5.11 Å². The molecule has 0 saturated carbocycles. The van der Waals surface area contributed by atoms with Gasteiger partial charge in [0.1, 0.15) is 11.6 Å². The van der Waals surface area contributed by atoms with Gasteiger partial charge in [-0.3, -0.25) is 10.1 Å². The number of thiocarbonyl (C=S) groups is 1. The first-order valence-electron chi connectivity index (χ1n) is 6.21. The Hall–Kier alpha value is -1.99. The number of halogens is 2. The van der Waals surface area contributed by atoms with Crippen LogP contribution in [0.15, 0.2) is 46.9 Å². The minimum atomic E-state index is -0.412. The van der Waals surface area contributed by atoms with Crippen molar-refractivity contribution in [1.29, 1.82) is 0 Å². The van der Waals surface area contributed by atoms with Crippen LogP contribution in [0.1, 0.15) is 10.4 Å². The molecule has 0 aliphatic heterocycles. The van der Waals surface area contributed by atoms with Gasteiger partial charge in [-0.25, -0.2) is 4.39 Å². The highest BCUT2D eigenvalue weighted by Gasteiger charge is 2.09. The molecule has 2 rings (SSSR count). The highest BCUT2D eigenvalue weighted by atomic mass is 79.9. The lowest BCUT2D eigenvalue weighted by atomic mass is 10.2. The molecule has 0 aliphatic rings. The van der Waals surface area contributed by atoms with Gasteiger partial charge in [0.2, 0.25) is 0 Å². The average molecular weight is 383 g/mol. The van der Waals surface area contributed by atoms with Crippen molar-refractivity contribution in [2.75, 3.05) is 12.4 Å². The minimum Gasteiger partial charge on any atom is -0.496 e. The number of carbonyl (C=O) groups excluding carboxylic acids is 1. The largest absolute Gasteiger partial charge is 0.496 e. The van der Waals surface area contributed by atoms with Crippen LogP contribution in [-0.2, 0) is 0 Å². The van der Waals surface area contributed by atoms with E-state index in [0.717, 1.165) is 4.47 Å². The molecule has 0 atom stereocenters. The third-order valence-electron chi connectivity index (χ3n) is 2.74. The molecule has 0 bridgehead atoms. The fourth-order valence-corrected chi connectivity index (χ4v) is 2.43. The summed E-state index contributed by atoms with van der Waals surface area (Å²) in [5.74, 6) is -0.128. The summed E-state index contributed by atoms with van der Waals surface area (Å²) in [6, 6.07) is 10.5. The lowest BCUT2D eigenvalue weighted by molar-refractivity contribution is 0.0977. The van der Waals surface area contributed by atoms with Gasteiger partial charge in [0.05, 0.1) is 11.6 Å². The van der Waals surface area contributed by atoms with Gasteiger partial charge < -0.3 is 10.1 Å². The third kappa shape index (κ3) is 4.25. The number of benzene rings is 2. The number of nitrogens with one attached hydrogen (secondary N) is 2. The van der Waals surface area contributed by atoms with E-state index < -0.39 is 11.7 Å². The molecule has 0 heterocycles. The second-order valence-electron chi connectivity index (χ2n) is 4.26. The fourth-order valence-electron chi connectivity index (χ4n) is 1.68. The third-order valence-corrected chi connectivity index (χ3v) is 3.57. The molecule has 4 nitrogen and oxygen atoms in total. The quantitative estimate of drug-likeness (QED) is 0.794. The maximum Gasteiger partial charge on any atom is 0.257 e. The number of ether oxygens (including phenoxy) is 1. The molecule has 2 N–H and O–H groups in total. The summed E-state index contributed by atoms with van der Waals surface area (Å²) in [5, 5.41) is 5.56. The molecule has 22 heavy (non-hydrogen) atoms. The van der Waals surface area contributed by atoms with Crippen molar-refractivity contribution in [3.05, 3.63) is 58.3 Å². The monoisotopic (exact) mass is 382 g/mol. The molecule has 0 spiro atoms. The van der Waals surface area contributed by atoms with Crippen LogP contribution in [0.5, 0.6) is 5.75 Å². The van der Waals surface area contributed by atoms with E-state index in [4.69, 9.17) is 17.0 Å². The van der Waals surface area contributed by atoms with Crippen molar-refractivity contribution in [3.63, 3.8) is 0 Å². The molecule has 0 radical (unpaired) electrons. The lowest BCUT2D eigenvalue weighted by Crippen LogP contribution is -2.34. The first-order valence-corrected chi connectivity index (χ1v) is 7.41. The normalized spacial score (nSPS) is 9.95. The summed E-state index contributed by atoms with van der Waals surface area (Å²) >= 11 is 8.44. The molecule has 0 saturated heterocycles. The van der Waals surface area contributed by atoms with Crippen molar-refractivity contribution in [1.82, 2.24) is 5.32 Å². The van der Waals surface area contributed by atoms with Crippen molar-refractivity contribution in [2.24, 2.45) is 0 Å². The Morgan fingerprint density at radius 3 is 2.50 bits per heavy atom. The molecular formula is C15H12BrFN2O2S. The maximum absolute atomic E-state index is 12.8. The molecule has 0 aromatic heterocycles. The summed E-state index contributed by atoms with van der Waals surface area (Å²) in [6.07, 6.45) is 0. The van der Waals surface area contributed by atoms with Crippen molar-refractivity contribution in [2.45, 2.75) is 0 Å². The first-order chi connectivity index (χ1) is 10.5. The summed E-state index contributed by atoms with van der Waals surface area (Å²) in [4.78, 5) is 11.9. The molecule has 0 aliphatic carbocycles. The number of anilines is 1. The second kappa shape index (κ2) is 7.33. The standard InChI is InChI=1S/C15H12BrFN2O2S/c1-21-13-7-6-11(8-12(13)16)18-15(22)19-14(20)9-2-4-10(17)5-3-9/h2-8H,1H3,(H2,18,19,20,22). The van der Waals surface area contributed by atoms with Gasteiger partial charge in [-0.05, 0) is 70.6 Å². The zero-order valence-corrected chi connectivity index (χ0v) is 13.9. The number of methoxy groups -OCH3 is 1. The second-order valence-corrected chi connectivity index (χ2v) is 5.53. The van der Waals surface area contributed by atoms with Crippen LogP contribution in [0, 0.1) is 5.82 Å². The summed E-state index contributed by atoms with van der Waals surface area (Å²) < 4.78 is 18.7. The van der Waals surface area contributed by atoms with Gasteiger partial charge in [-0.2, -0.15) is 0 Å². The average Bonchev–Trinajstić information content (AvgIpc) is 2.48. The molecule has 2 aromatic rings. The molecule has 0 fully saturated rings. The Morgan fingerprint density at radius 1 is 1.23 bits per heavy atom. The van der Waals surface area contributed by atoms with Crippen LogP contribution in [0.25, 0.3) is 0 Å². The van der Waals surface area contributed by atoms with Gasteiger partial charge in [0, 0.05) is 11.3 Å².